The number of halogens is 3. The first-order valence-corrected chi connectivity index (χ1v) is 8.75. The van der Waals surface area contributed by atoms with Crippen LogP contribution in [0.3, 0.4) is 0 Å². The number of hydrogen-bond acceptors (Lipinski definition) is 2. The zero-order valence-electron chi connectivity index (χ0n) is 14.7. The number of carbonyl (C=O) groups is 1. The van der Waals surface area contributed by atoms with Crippen molar-refractivity contribution in [1.29, 1.82) is 0 Å². The van der Waals surface area contributed by atoms with Crippen LogP contribution in [0.5, 0.6) is 5.75 Å². The topological polar surface area (TPSA) is 31.2 Å². The van der Waals surface area contributed by atoms with Crippen molar-refractivity contribution in [2.24, 2.45) is 0 Å². The molecule has 6 heteroatoms. The van der Waals surface area contributed by atoms with Crippen LogP contribution in [0.1, 0.15) is 10.4 Å². The molecule has 0 bridgehead atoms. The van der Waals surface area contributed by atoms with Gasteiger partial charge in [-0.2, -0.15) is 13.2 Å². The van der Waals surface area contributed by atoms with Crippen molar-refractivity contribution in [2.45, 2.75) is 12.7 Å². The van der Waals surface area contributed by atoms with E-state index < -0.39 is 12.0 Å². The van der Waals surface area contributed by atoms with Crippen molar-refractivity contribution < 1.29 is 22.7 Å². The van der Waals surface area contributed by atoms with Gasteiger partial charge in [-0.1, -0.05) is 54.6 Å². The molecule has 3 aromatic carbocycles. The van der Waals surface area contributed by atoms with Crippen molar-refractivity contribution in [3.8, 4) is 5.75 Å². The van der Waals surface area contributed by atoms with E-state index in [0.717, 1.165) is 10.8 Å². The summed E-state index contributed by atoms with van der Waals surface area (Å²) >= 11 is 0. The number of alkyl halides is 3. The first-order chi connectivity index (χ1) is 13.4. The summed E-state index contributed by atoms with van der Waals surface area (Å²) in [6, 6.07) is 20.1. The molecule has 0 fully saturated rings. The summed E-state index contributed by atoms with van der Waals surface area (Å²) in [5.41, 5.74) is 0.227. The second kappa shape index (κ2) is 7.03. The van der Waals surface area contributed by atoms with Gasteiger partial charge in [0.15, 0.2) is 0 Å². The minimum atomic E-state index is -4.91. The molecular formula is C22H16F3NO2. The number of rotatable bonds is 5. The van der Waals surface area contributed by atoms with Crippen molar-refractivity contribution in [3.05, 3.63) is 78.5 Å². The van der Waals surface area contributed by atoms with Gasteiger partial charge in [-0.15, -0.1) is 0 Å². The van der Waals surface area contributed by atoms with E-state index in [9.17, 15) is 18.0 Å². The highest BCUT2D eigenvalue weighted by molar-refractivity contribution is 6.10. The van der Waals surface area contributed by atoms with Gasteiger partial charge in [0, 0.05) is 22.5 Å². The Kier molecular flexibility index (Phi) is 4.55. The maximum absolute atomic E-state index is 12.9. The summed E-state index contributed by atoms with van der Waals surface area (Å²) in [7, 11) is 0. The minimum Gasteiger partial charge on any atom is -0.491 e. The summed E-state index contributed by atoms with van der Waals surface area (Å²) in [4.78, 5) is 11.8. The van der Waals surface area contributed by atoms with E-state index in [1.807, 2.05) is 42.5 Å². The number of ether oxygens (including phenoxy) is 1. The number of ketones is 1. The second-order valence-electron chi connectivity index (χ2n) is 6.41. The molecule has 4 aromatic rings. The quantitative estimate of drug-likeness (QED) is 0.419. The molecule has 0 spiro atoms. The van der Waals surface area contributed by atoms with Crippen LogP contribution in [-0.2, 0) is 6.54 Å². The van der Waals surface area contributed by atoms with E-state index in [1.54, 1.807) is 22.8 Å². The van der Waals surface area contributed by atoms with E-state index in [2.05, 4.69) is 0 Å². The summed E-state index contributed by atoms with van der Waals surface area (Å²) < 4.78 is 46.2. The Labute approximate surface area is 159 Å². The van der Waals surface area contributed by atoms with Crippen LogP contribution in [0, 0.1) is 0 Å². The lowest BCUT2D eigenvalue weighted by atomic mass is 10.1. The molecule has 1 heterocycles. The maximum atomic E-state index is 12.9. The van der Waals surface area contributed by atoms with Gasteiger partial charge in [0.1, 0.15) is 12.4 Å². The van der Waals surface area contributed by atoms with Crippen LogP contribution >= 0.6 is 0 Å². The monoisotopic (exact) mass is 383 g/mol. The average molecular weight is 383 g/mol. The third-order valence-electron chi connectivity index (χ3n) is 4.63. The Balaban J connectivity index is 1.59. The van der Waals surface area contributed by atoms with Crippen LogP contribution in [0.15, 0.2) is 72.9 Å². The van der Waals surface area contributed by atoms with Crippen molar-refractivity contribution >= 4 is 27.5 Å². The largest absolute Gasteiger partial charge is 0.491 e. The van der Waals surface area contributed by atoms with Gasteiger partial charge < -0.3 is 9.30 Å². The fourth-order valence-electron chi connectivity index (χ4n) is 3.34. The normalized spacial score (nSPS) is 11.8. The zero-order chi connectivity index (χ0) is 19.7. The molecular weight excluding hydrogens is 367 g/mol. The van der Waals surface area contributed by atoms with Crippen LogP contribution in [0.2, 0.25) is 0 Å². The highest BCUT2D eigenvalue weighted by Crippen LogP contribution is 2.29. The van der Waals surface area contributed by atoms with E-state index in [0.29, 0.717) is 17.8 Å². The van der Waals surface area contributed by atoms with Gasteiger partial charge in [0.25, 0.3) is 5.78 Å². The molecule has 4 rings (SSSR count). The van der Waals surface area contributed by atoms with Gasteiger partial charge in [-0.05, 0) is 17.5 Å². The summed E-state index contributed by atoms with van der Waals surface area (Å²) in [6.45, 7) is 0.571. The molecule has 0 N–H and O–H groups in total. The molecule has 0 aliphatic carbocycles. The van der Waals surface area contributed by atoms with E-state index in [4.69, 9.17) is 4.74 Å². The standard InChI is InChI=1S/C22H16F3NO2/c23-22(24,25)21(27)18-14-26(19-10-4-3-9-17(18)19)12-13-28-20-11-5-7-15-6-1-2-8-16(15)20/h1-11,14H,12-13H2. The molecule has 0 atom stereocenters. The highest BCUT2D eigenvalue weighted by Gasteiger charge is 2.40. The number of benzene rings is 3. The fraction of sp³-hybridized carbons (Fsp3) is 0.136. The SMILES string of the molecule is O=C(c1cn(CCOc2cccc3ccccc23)c2ccccc12)C(F)(F)F. The molecule has 1 aromatic heterocycles. The van der Waals surface area contributed by atoms with E-state index in [-0.39, 0.29) is 17.6 Å². The summed E-state index contributed by atoms with van der Waals surface area (Å²) in [5, 5.41) is 2.30. The van der Waals surface area contributed by atoms with Crippen molar-refractivity contribution in [2.75, 3.05) is 6.61 Å². The van der Waals surface area contributed by atoms with Crippen LogP contribution in [0.25, 0.3) is 21.7 Å². The Bertz CT molecular complexity index is 1160. The Morgan fingerprint density at radius 1 is 0.893 bits per heavy atom. The van der Waals surface area contributed by atoms with Gasteiger partial charge in [0.05, 0.1) is 12.1 Å². The highest BCUT2D eigenvalue weighted by atomic mass is 19.4. The summed E-state index contributed by atoms with van der Waals surface area (Å²) in [6.07, 6.45) is -3.65. The zero-order valence-corrected chi connectivity index (χ0v) is 14.7. The van der Waals surface area contributed by atoms with E-state index >= 15 is 0 Å². The molecule has 0 radical (unpaired) electrons. The van der Waals surface area contributed by atoms with Crippen LogP contribution < -0.4 is 4.74 Å². The molecule has 0 saturated carbocycles. The molecule has 0 aliphatic rings. The molecule has 142 valence electrons. The van der Waals surface area contributed by atoms with Crippen LogP contribution in [0.4, 0.5) is 13.2 Å². The number of hydrogen-bond donors (Lipinski definition) is 0. The Morgan fingerprint density at radius 2 is 1.57 bits per heavy atom. The molecule has 0 unspecified atom stereocenters. The molecule has 0 aliphatic heterocycles. The lowest BCUT2D eigenvalue weighted by Gasteiger charge is -2.10. The predicted molar refractivity (Wildman–Crippen MR) is 102 cm³/mol. The maximum Gasteiger partial charge on any atom is 0.454 e. The van der Waals surface area contributed by atoms with Crippen molar-refractivity contribution in [1.82, 2.24) is 4.57 Å². The number of nitrogens with zero attached hydrogens (tertiary/aromatic N) is 1. The Morgan fingerprint density at radius 3 is 2.36 bits per heavy atom. The smallest absolute Gasteiger partial charge is 0.454 e. The number of Topliss-reactive ketones (excluding diaryl/α,β-unsaturated/α-hetero) is 1. The second-order valence-corrected chi connectivity index (χ2v) is 6.41. The van der Waals surface area contributed by atoms with Crippen molar-refractivity contribution in [3.63, 3.8) is 0 Å². The van der Waals surface area contributed by atoms with Gasteiger partial charge in [-0.3, -0.25) is 4.79 Å². The Hall–Kier alpha value is -3.28. The number of para-hydroxylation sites is 1. The fourth-order valence-corrected chi connectivity index (χ4v) is 3.34. The number of carbonyl (C=O) groups excluding carboxylic acids is 1. The lowest BCUT2D eigenvalue weighted by Crippen LogP contribution is -2.22. The number of aromatic nitrogens is 1. The van der Waals surface area contributed by atoms with E-state index in [1.165, 1.54) is 12.3 Å². The summed E-state index contributed by atoms with van der Waals surface area (Å²) in [5.74, 6) is -1.13. The van der Waals surface area contributed by atoms with Gasteiger partial charge in [-0.25, -0.2) is 0 Å². The lowest BCUT2D eigenvalue weighted by molar-refractivity contribution is -0.0884. The third-order valence-corrected chi connectivity index (χ3v) is 4.63. The first-order valence-electron chi connectivity index (χ1n) is 8.75. The van der Waals surface area contributed by atoms with Crippen LogP contribution in [-0.4, -0.2) is 23.1 Å². The minimum absolute atomic E-state index is 0.256. The number of fused-ring (bicyclic) bond motifs is 2. The molecule has 3 nitrogen and oxygen atoms in total. The van der Waals surface area contributed by atoms with Gasteiger partial charge >= 0.3 is 6.18 Å². The van der Waals surface area contributed by atoms with Gasteiger partial charge in [0.2, 0.25) is 0 Å². The molecule has 0 amide bonds. The predicted octanol–water partition coefficient (Wildman–Crippen LogP) is 5.62. The molecule has 28 heavy (non-hydrogen) atoms. The third kappa shape index (κ3) is 3.33. The molecule has 0 saturated heterocycles. The first kappa shape index (κ1) is 18.1. The average Bonchev–Trinajstić information content (AvgIpc) is 3.05.